The maximum absolute atomic E-state index is 8.33. The third kappa shape index (κ3) is 3.21. The normalized spacial score (nSPS) is 11.2. The van der Waals surface area contributed by atoms with Crippen molar-refractivity contribution in [1.82, 2.24) is 0 Å². The van der Waals surface area contributed by atoms with E-state index < -0.39 is 0 Å². The summed E-state index contributed by atoms with van der Waals surface area (Å²) in [5.41, 5.74) is 6.08. The lowest BCUT2D eigenvalue weighted by atomic mass is 10.3. The van der Waals surface area contributed by atoms with Gasteiger partial charge in [0, 0.05) is 11.8 Å². The molecule has 0 unspecified atom stereocenters. The van der Waals surface area contributed by atoms with Gasteiger partial charge in [-0.05, 0) is 12.1 Å². The Kier molecular flexibility index (Phi) is 4.05. The first-order valence-corrected chi connectivity index (χ1v) is 4.59. The molecule has 0 aliphatic carbocycles. The minimum atomic E-state index is 0.101. The molecule has 5 nitrogen and oxygen atoms in total. The Balaban J connectivity index is 2.70. The first-order chi connectivity index (χ1) is 7.17. The number of rotatable bonds is 4. The van der Waals surface area contributed by atoms with Gasteiger partial charge in [0.2, 0.25) is 0 Å². The molecule has 0 amide bonds. The third-order valence-electron chi connectivity index (χ3n) is 1.75. The molecular weight excluding hydrogens is 218 g/mol. The Labute approximate surface area is 92.5 Å². The van der Waals surface area contributed by atoms with Crippen molar-refractivity contribution in [3.8, 4) is 5.75 Å². The van der Waals surface area contributed by atoms with Crippen LogP contribution in [0.4, 0.5) is 5.69 Å². The van der Waals surface area contributed by atoms with Crippen molar-refractivity contribution in [3.63, 3.8) is 0 Å². The van der Waals surface area contributed by atoms with Crippen LogP contribution < -0.4 is 15.8 Å². The number of benzene rings is 1. The van der Waals surface area contributed by atoms with E-state index in [9.17, 15) is 0 Å². The van der Waals surface area contributed by atoms with Gasteiger partial charge in [0.05, 0.1) is 18.7 Å². The first kappa shape index (κ1) is 11.5. The lowest BCUT2D eigenvalue weighted by molar-refractivity contribution is 0.317. The summed E-state index contributed by atoms with van der Waals surface area (Å²) in [6.07, 6.45) is 0. The van der Waals surface area contributed by atoms with Crippen LogP contribution in [0.25, 0.3) is 0 Å². The predicted octanol–water partition coefficient (Wildman–Crippen LogP) is 1.51. The molecule has 0 aromatic heterocycles. The molecule has 0 saturated carbocycles. The molecule has 1 aromatic carbocycles. The number of nitrogens with one attached hydrogen (secondary N) is 1. The van der Waals surface area contributed by atoms with E-state index in [0.717, 1.165) is 5.69 Å². The van der Waals surface area contributed by atoms with Crippen LogP contribution in [0.1, 0.15) is 0 Å². The molecule has 0 bridgehead atoms. The summed E-state index contributed by atoms with van der Waals surface area (Å²) < 4.78 is 5.04. The van der Waals surface area contributed by atoms with Gasteiger partial charge in [-0.15, -0.1) is 0 Å². The maximum atomic E-state index is 8.33. The van der Waals surface area contributed by atoms with E-state index in [2.05, 4.69) is 10.5 Å². The van der Waals surface area contributed by atoms with Crippen LogP contribution in [0.15, 0.2) is 23.4 Å². The molecular formula is C9H12ClN3O2. The lowest BCUT2D eigenvalue weighted by Gasteiger charge is -2.08. The number of hydrogen-bond donors (Lipinski definition) is 3. The number of halogens is 1. The SMILES string of the molecule is COc1cc(NC/C(N)=N/O)ccc1Cl. The second-order valence-electron chi connectivity index (χ2n) is 2.79. The second kappa shape index (κ2) is 5.31. The number of nitrogens with two attached hydrogens (primary N) is 1. The summed E-state index contributed by atoms with van der Waals surface area (Å²) in [7, 11) is 1.54. The van der Waals surface area contributed by atoms with Gasteiger partial charge in [-0.25, -0.2) is 0 Å². The summed E-state index contributed by atoms with van der Waals surface area (Å²) in [6, 6.07) is 5.21. The van der Waals surface area contributed by atoms with Crippen molar-refractivity contribution in [1.29, 1.82) is 0 Å². The molecule has 82 valence electrons. The standard InChI is InChI=1S/C9H12ClN3O2/c1-15-8-4-6(2-3-7(8)10)12-5-9(11)13-14/h2-4,12,14H,5H2,1H3,(H2,11,13). The van der Waals surface area contributed by atoms with Gasteiger partial charge >= 0.3 is 0 Å². The zero-order valence-electron chi connectivity index (χ0n) is 8.20. The smallest absolute Gasteiger partial charge is 0.158 e. The number of nitrogens with zero attached hydrogens (tertiary/aromatic N) is 1. The van der Waals surface area contributed by atoms with Gasteiger partial charge < -0.3 is 21.0 Å². The Bertz CT molecular complexity index is 368. The summed E-state index contributed by atoms with van der Waals surface area (Å²) in [4.78, 5) is 0. The van der Waals surface area contributed by atoms with Crippen LogP contribution in [0, 0.1) is 0 Å². The van der Waals surface area contributed by atoms with Crippen molar-refractivity contribution >= 4 is 23.1 Å². The molecule has 1 aromatic rings. The van der Waals surface area contributed by atoms with Crippen molar-refractivity contribution in [3.05, 3.63) is 23.2 Å². The maximum Gasteiger partial charge on any atom is 0.158 e. The Morgan fingerprint density at radius 2 is 2.40 bits per heavy atom. The van der Waals surface area contributed by atoms with E-state index in [1.807, 2.05) is 0 Å². The van der Waals surface area contributed by atoms with Crippen LogP contribution in [-0.4, -0.2) is 24.7 Å². The fourth-order valence-corrected chi connectivity index (χ4v) is 1.19. The van der Waals surface area contributed by atoms with Crippen LogP contribution in [0.2, 0.25) is 5.02 Å². The van der Waals surface area contributed by atoms with E-state index in [0.29, 0.717) is 10.8 Å². The largest absolute Gasteiger partial charge is 0.495 e. The van der Waals surface area contributed by atoms with Gasteiger partial charge in [0.25, 0.3) is 0 Å². The van der Waals surface area contributed by atoms with Crippen LogP contribution >= 0.6 is 11.6 Å². The molecule has 0 atom stereocenters. The first-order valence-electron chi connectivity index (χ1n) is 4.21. The highest BCUT2D eigenvalue weighted by molar-refractivity contribution is 6.32. The quantitative estimate of drug-likeness (QED) is 0.316. The van der Waals surface area contributed by atoms with Crippen LogP contribution in [0.5, 0.6) is 5.75 Å². The van der Waals surface area contributed by atoms with Gasteiger partial charge in [-0.2, -0.15) is 0 Å². The summed E-state index contributed by atoms with van der Waals surface area (Å²) in [5.74, 6) is 0.671. The van der Waals surface area contributed by atoms with E-state index in [1.54, 1.807) is 18.2 Å². The van der Waals surface area contributed by atoms with Gasteiger partial charge in [0.15, 0.2) is 5.84 Å². The number of amidine groups is 1. The fourth-order valence-electron chi connectivity index (χ4n) is 0.998. The van der Waals surface area contributed by atoms with Crippen molar-refractivity contribution < 1.29 is 9.94 Å². The third-order valence-corrected chi connectivity index (χ3v) is 2.07. The van der Waals surface area contributed by atoms with E-state index in [1.165, 1.54) is 7.11 Å². The number of oxime groups is 1. The summed E-state index contributed by atoms with van der Waals surface area (Å²) in [6.45, 7) is 0.251. The topological polar surface area (TPSA) is 79.9 Å². The molecule has 0 aliphatic rings. The highest BCUT2D eigenvalue weighted by Gasteiger charge is 2.01. The fraction of sp³-hybridized carbons (Fsp3) is 0.222. The Morgan fingerprint density at radius 3 is 3.00 bits per heavy atom. The molecule has 0 saturated heterocycles. The molecule has 4 N–H and O–H groups in total. The highest BCUT2D eigenvalue weighted by Crippen LogP contribution is 2.27. The van der Waals surface area contributed by atoms with Gasteiger partial charge in [-0.3, -0.25) is 0 Å². The van der Waals surface area contributed by atoms with Crippen LogP contribution in [-0.2, 0) is 0 Å². The Morgan fingerprint density at radius 1 is 1.67 bits per heavy atom. The number of methoxy groups -OCH3 is 1. The lowest BCUT2D eigenvalue weighted by Crippen LogP contribution is -2.22. The average Bonchev–Trinajstić information content (AvgIpc) is 2.27. The zero-order chi connectivity index (χ0) is 11.3. The molecule has 0 fully saturated rings. The predicted molar refractivity (Wildman–Crippen MR) is 59.9 cm³/mol. The molecule has 1 rings (SSSR count). The van der Waals surface area contributed by atoms with Crippen LogP contribution in [0.3, 0.4) is 0 Å². The Hall–Kier alpha value is -1.62. The van der Waals surface area contributed by atoms with E-state index in [-0.39, 0.29) is 12.4 Å². The van der Waals surface area contributed by atoms with Gasteiger partial charge in [-0.1, -0.05) is 16.8 Å². The summed E-state index contributed by atoms with van der Waals surface area (Å²) >= 11 is 5.85. The minimum absolute atomic E-state index is 0.101. The number of hydrogen-bond acceptors (Lipinski definition) is 4. The molecule has 6 heteroatoms. The second-order valence-corrected chi connectivity index (χ2v) is 3.20. The highest BCUT2D eigenvalue weighted by atomic mass is 35.5. The molecule has 0 aliphatic heterocycles. The average molecular weight is 230 g/mol. The van der Waals surface area contributed by atoms with E-state index in [4.69, 9.17) is 27.3 Å². The number of ether oxygens (including phenoxy) is 1. The molecule has 0 radical (unpaired) electrons. The van der Waals surface area contributed by atoms with E-state index >= 15 is 0 Å². The molecule has 15 heavy (non-hydrogen) atoms. The molecule has 0 spiro atoms. The minimum Gasteiger partial charge on any atom is -0.495 e. The van der Waals surface area contributed by atoms with Crippen molar-refractivity contribution in [2.45, 2.75) is 0 Å². The monoisotopic (exact) mass is 229 g/mol. The van der Waals surface area contributed by atoms with Gasteiger partial charge in [0.1, 0.15) is 5.75 Å². The number of anilines is 1. The molecule has 0 heterocycles. The van der Waals surface area contributed by atoms with Crippen molar-refractivity contribution in [2.75, 3.05) is 19.0 Å². The van der Waals surface area contributed by atoms with Crippen molar-refractivity contribution in [2.24, 2.45) is 10.9 Å². The zero-order valence-corrected chi connectivity index (χ0v) is 8.95. The summed E-state index contributed by atoms with van der Waals surface area (Å²) in [5, 5.41) is 14.7.